The molecule has 0 spiro atoms. The van der Waals surface area contributed by atoms with Gasteiger partial charge in [-0.05, 0) is 30.3 Å². The Kier molecular flexibility index (Phi) is 5.35. The van der Waals surface area contributed by atoms with Gasteiger partial charge in [-0.1, -0.05) is 23.2 Å². The van der Waals surface area contributed by atoms with E-state index < -0.39 is 18.5 Å². The molecule has 0 saturated heterocycles. The number of benzene rings is 2. The van der Waals surface area contributed by atoms with E-state index in [9.17, 15) is 14.7 Å². The number of phenolic OH excluding ortho intramolecular Hbond substituents is 1. The molecule has 0 fully saturated rings. The molecule has 2 aromatic carbocycles. The number of aromatic hydroxyl groups is 1. The van der Waals surface area contributed by atoms with Crippen molar-refractivity contribution in [3.63, 3.8) is 0 Å². The van der Waals surface area contributed by atoms with E-state index in [2.05, 4.69) is 5.32 Å². The molecule has 0 aliphatic heterocycles. The Morgan fingerprint density at radius 2 is 1.96 bits per heavy atom. The van der Waals surface area contributed by atoms with Crippen LogP contribution in [0.2, 0.25) is 10.0 Å². The summed E-state index contributed by atoms with van der Waals surface area (Å²) in [4.78, 5) is 23.8. The molecule has 0 radical (unpaired) electrons. The van der Waals surface area contributed by atoms with Gasteiger partial charge in [-0.25, -0.2) is 0 Å². The molecule has 134 valence electrons. The van der Waals surface area contributed by atoms with Crippen molar-refractivity contribution < 1.29 is 23.8 Å². The van der Waals surface area contributed by atoms with Crippen LogP contribution in [-0.4, -0.2) is 23.6 Å². The second kappa shape index (κ2) is 7.68. The monoisotopic (exact) mass is 393 g/mol. The highest BCUT2D eigenvalue weighted by Gasteiger charge is 2.14. The zero-order valence-corrected chi connectivity index (χ0v) is 14.8. The van der Waals surface area contributed by atoms with E-state index in [-0.39, 0.29) is 17.2 Å². The van der Waals surface area contributed by atoms with Crippen molar-refractivity contribution in [1.82, 2.24) is 0 Å². The van der Waals surface area contributed by atoms with E-state index in [0.717, 1.165) is 0 Å². The minimum absolute atomic E-state index is 0.0627. The Hall–Kier alpha value is -2.70. The number of amides is 1. The summed E-state index contributed by atoms with van der Waals surface area (Å²) in [5, 5.41) is 13.4. The molecule has 6 nitrogen and oxygen atoms in total. The van der Waals surface area contributed by atoms with Crippen LogP contribution in [0.25, 0.3) is 11.0 Å². The van der Waals surface area contributed by atoms with Crippen molar-refractivity contribution in [1.29, 1.82) is 0 Å². The Balaban J connectivity index is 1.55. The lowest BCUT2D eigenvalue weighted by Gasteiger charge is -2.08. The second-order valence-electron chi connectivity index (χ2n) is 5.45. The van der Waals surface area contributed by atoms with Crippen molar-refractivity contribution >= 4 is 51.7 Å². The van der Waals surface area contributed by atoms with E-state index in [0.29, 0.717) is 27.2 Å². The molecule has 26 heavy (non-hydrogen) atoms. The van der Waals surface area contributed by atoms with Crippen LogP contribution < -0.4 is 5.32 Å². The summed E-state index contributed by atoms with van der Waals surface area (Å²) in [7, 11) is 0. The summed E-state index contributed by atoms with van der Waals surface area (Å²) in [5.41, 5.74) is 1.44. The maximum Gasteiger partial charge on any atom is 0.310 e. The van der Waals surface area contributed by atoms with Gasteiger partial charge < -0.3 is 19.6 Å². The van der Waals surface area contributed by atoms with E-state index in [1.54, 1.807) is 18.2 Å². The molecule has 0 aliphatic rings. The first-order valence-electron chi connectivity index (χ1n) is 7.52. The number of hydrogen-bond donors (Lipinski definition) is 2. The number of fused-ring (bicyclic) bond motifs is 1. The molecule has 0 atom stereocenters. The smallest absolute Gasteiger partial charge is 0.310 e. The standard InChI is InChI=1S/C18H13Cl2NO5/c19-11-1-4-15(14(20)6-11)21-17(23)9-26-18(24)5-10-8-25-16-7-12(22)2-3-13(10)16/h1-4,6-8,22H,5,9H2,(H,21,23). The highest BCUT2D eigenvalue weighted by atomic mass is 35.5. The van der Waals surface area contributed by atoms with Gasteiger partial charge in [-0.3, -0.25) is 9.59 Å². The van der Waals surface area contributed by atoms with E-state index in [4.69, 9.17) is 32.4 Å². The molecule has 3 rings (SSSR count). The van der Waals surface area contributed by atoms with Crippen molar-refractivity contribution in [3.8, 4) is 5.75 Å². The van der Waals surface area contributed by atoms with Crippen molar-refractivity contribution in [2.45, 2.75) is 6.42 Å². The highest BCUT2D eigenvalue weighted by Crippen LogP contribution is 2.26. The third-order valence-electron chi connectivity index (χ3n) is 3.54. The van der Waals surface area contributed by atoms with Crippen LogP contribution in [0.4, 0.5) is 5.69 Å². The lowest BCUT2D eigenvalue weighted by molar-refractivity contribution is -0.146. The molecule has 1 aromatic heterocycles. The third kappa shape index (κ3) is 4.28. The molecule has 0 saturated carbocycles. The molecule has 2 N–H and O–H groups in total. The minimum atomic E-state index is -0.585. The van der Waals surface area contributed by atoms with Gasteiger partial charge in [-0.2, -0.15) is 0 Å². The number of carbonyl (C=O) groups is 2. The Labute approximate surface area is 158 Å². The van der Waals surface area contributed by atoms with Crippen LogP contribution >= 0.6 is 23.2 Å². The number of esters is 1. The zero-order valence-electron chi connectivity index (χ0n) is 13.3. The Morgan fingerprint density at radius 1 is 1.15 bits per heavy atom. The predicted molar refractivity (Wildman–Crippen MR) is 97.6 cm³/mol. The quantitative estimate of drug-likeness (QED) is 0.634. The maximum absolute atomic E-state index is 12.0. The van der Waals surface area contributed by atoms with Gasteiger partial charge in [-0.15, -0.1) is 0 Å². The number of carbonyl (C=O) groups excluding carboxylic acids is 2. The molecule has 0 unspecified atom stereocenters. The number of rotatable bonds is 5. The first kappa shape index (κ1) is 18.1. The molecule has 0 bridgehead atoms. The van der Waals surface area contributed by atoms with Gasteiger partial charge in [0.15, 0.2) is 6.61 Å². The minimum Gasteiger partial charge on any atom is -0.508 e. The van der Waals surface area contributed by atoms with Crippen LogP contribution in [0.15, 0.2) is 47.1 Å². The maximum atomic E-state index is 12.0. The number of anilines is 1. The average molecular weight is 394 g/mol. The number of ether oxygens (including phenoxy) is 1. The summed E-state index contributed by atoms with van der Waals surface area (Å²) < 4.78 is 10.3. The summed E-state index contributed by atoms with van der Waals surface area (Å²) in [6.45, 7) is -0.450. The van der Waals surface area contributed by atoms with Gasteiger partial charge in [0.05, 0.1) is 23.4 Å². The lowest BCUT2D eigenvalue weighted by Crippen LogP contribution is -2.21. The number of nitrogens with one attached hydrogen (secondary N) is 1. The summed E-state index contributed by atoms with van der Waals surface area (Å²) >= 11 is 11.7. The number of hydrogen-bond acceptors (Lipinski definition) is 5. The first-order valence-corrected chi connectivity index (χ1v) is 8.27. The first-order chi connectivity index (χ1) is 12.4. The van der Waals surface area contributed by atoms with E-state index >= 15 is 0 Å². The van der Waals surface area contributed by atoms with Gasteiger partial charge >= 0.3 is 5.97 Å². The SMILES string of the molecule is O=C(COC(=O)Cc1coc2cc(O)ccc12)Nc1ccc(Cl)cc1Cl. The van der Waals surface area contributed by atoms with Crippen LogP contribution in [0.3, 0.4) is 0 Å². The fourth-order valence-corrected chi connectivity index (χ4v) is 2.79. The molecule has 1 heterocycles. The molecule has 1 amide bonds. The fourth-order valence-electron chi connectivity index (χ4n) is 2.34. The summed E-state index contributed by atoms with van der Waals surface area (Å²) in [6, 6.07) is 9.22. The fraction of sp³-hybridized carbons (Fsp3) is 0.111. The van der Waals surface area contributed by atoms with Crippen molar-refractivity contribution in [2.24, 2.45) is 0 Å². The summed E-state index contributed by atoms with van der Waals surface area (Å²) in [5.74, 6) is -1.04. The van der Waals surface area contributed by atoms with E-state index in [1.165, 1.54) is 24.5 Å². The van der Waals surface area contributed by atoms with Gasteiger partial charge in [0.2, 0.25) is 0 Å². The second-order valence-corrected chi connectivity index (χ2v) is 6.29. The van der Waals surface area contributed by atoms with Crippen LogP contribution in [0.1, 0.15) is 5.56 Å². The number of halogens is 2. The number of furan rings is 1. The lowest BCUT2D eigenvalue weighted by atomic mass is 10.1. The molecule has 0 aliphatic carbocycles. The van der Waals surface area contributed by atoms with Gasteiger partial charge in [0.1, 0.15) is 11.3 Å². The number of phenols is 1. The van der Waals surface area contributed by atoms with Crippen LogP contribution in [0, 0.1) is 0 Å². The normalized spacial score (nSPS) is 10.7. The summed E-state index contributed by atoms with van der Waals surface area (Å²) in [6.07, 6.45) is 1.35. The molecule has 3 aromatic rings. The highest BCUT2D eigenvalue weighted by molar-refractivity contribution is 6.36. The van der Waals surface area contributed by atoms with Crippen molar-refractivity contribution in [2.75, 3.05) is 11.9 Å². The van der Waals surface area contributed by atoms with Gasteiger partial charge in [0, 0.05) is 22.0 Å². The van der Waals surface area contributed by atoms with Crippen LogP contribution in [0.5, 0.6) is 5.75 Å². The molecular weight excluding hydrogens is 381 g/mol. The topological polar surface area (TPSA) is 88.8 Å². The van der Waals surface area contributed by atoms with Crippen molar-refractivity contribution in [3.05, 3.63) is 58.3 Å². The van der Waals surface area contributed by atoms with Crippen LogP contribution in [-0.2, 0) is 20.7 Å². The third-order valence-corrected chi connectivity index (χ3v) is 4.09. The largest absolute Gasteiger partial charge is 0.508 e. The average Bonchev–Trinajstić information content (AvgIpc) is 2.97. The van der Waals surface area contributed by atoms with E-state index in [1.807, 2.05) is 0 Å². The molecular formula is C18H13Cl2NO5. The predicted octanol–water partition coefficient (Wildman–Crippen LogP) is 4.17. The molecule has 8 heteroatoms. The zero-order chi connectivity index (χ0) is 18.7. The van der Waals surface area contributed by atoms with Gasteiger partial charge in [0.25, 0.3) is 5.91 Å². The Bertz CT molecular complexity index is 983. The Morgan fingerprint density at radius 3 is 2.73 bits per heavy atom.